The first-order valence-electron chi connectivity index (χ1n) is 10.5. The van der Waals surface area contributed by atoms with Gasteiger partial charge in [0.1, 0.15) is 5.76 Å². The number of para-hydroxylation sites is 1. The van der Waals surface area contributed by atoms with Gasteiger partial charge in [0.25, 0.3) is 5.56 Å². The maximum Gasteiger partial charge on any atom is 0.262 e. The highest BCUT2D eigenvalue weighted by Crippen LogP contribution is 2.29. The fourth-order valence-corrected chi connectivity index (χ4v) is 4.93. The maximum atomic E-state index is 13.1. The quantitative estimate of drug-likeness (QED) is 0.476. The third-order valence-corrected chi connectivity index (χ3v) is 7.08. The van der Waals surface area contributed by atoms with Crippen LogP contribution in [0.3, 0.4) is 0 Å². The van der Waals surface area contributed by atoms with Gasteiger partial charge in [-0.1, -0.05) is 50.6 Å². The maximum absolute atomic E-state index is 13.1. The number of nitrogens with one attached hydrogen (secondary N) is 1. The zero-order valence-corrected chi connectivity index (χ0v) is 18.2. The third-order valence-electron chi connectivity index (χ3n) is 6.11. The van der Waals surface area contributed by atoms with E-state index >= 15 is 0 Å². The highest BCUT2D eigenvalue weighted by Gasteiger charge is 2.28. The van der Waals surface area contributed by atoms with Gasteiger partial charge in [-0.3, -0.25) is 14.2 Å². The fraction of sp³-hybridized carbons (Fsp3) is 0.435. The average molecular weight is 426 g/mol. The molecule has 1 aromatic carbocycles. The lowest BCUT2D eigenvalue weighted by Gasteiger charge is -2.34. The molecule has 2 heterocycles. The molecule has 1 N–H and O–H groups in total. The van der Waals surface area contributed by atoms with Crippen molar-refractivity contribution >= 4 is 28.6 Å². The molecule has 0 saturated heterocycles. The number of rotatable bonds is 6. The number of hydrogen-bond acceptors (Lipinski definition) is 5. The predicted octanol–water partition coefficient (Wildman–Crippen LogP) is 4.07. The van der Waals surface area contributed by atoms with E-state index in [1.807, 2.05) is 24.3 Å². The summed E-state index contributed by atoms with van der Waals surface area (Å²) < 4.78 is 7.02. The number of furan rings is 1. The highest BCUT2D eigenvalue weighted by molar-refractivity contribution is 7.99. The van der Waals surface area contributed by atoms with Crippen LogP contribution in [0.25, 0.3) is 10.9 Å². The molecule has 1 aliphatic rings. The minimum absolute atomic E-state index is 0.0158. The molecule has 1 aliphatic carbocycles. The van der Waals surface area contributed by atoms with Gasteiger partial charge >= 0.3 is 0 Å². The molecule has 3 atom stereocenters. The minimum atomic E-state index is -0.130. The molecule has 7 heteroatoms. The molecule has 1 amide bonds. The van der Waals surface area contributed by atoms with Gasteiger partial charge in [-0.05, 0) is 42.5 Å². The Bertz CT molecular complexity index is 1080. The number of nitrogens with zero attached hydrogens (tertiary/aromatic N) is 2. The Balaban J connectivity index is 1.54. The van der Waals surface area contributed by atoms with E-state index in [2.05, 4.69) is 24.1 Å². The predicted molar refractivity (Wildman–Crippen MR) is 119 cm³/mol. The van der Waals surface area contributed by atoms with Crippen LogP contribution in [0.5, 0.6) is 0 Å². The topological polar surface area (TPSA) is 77.1 Å². The third kappa shape index (κ3) is 4.46. The smallest absolute Gasteiger partial charge is 0.262 e. The SMILES string of the molecule is C[C@H]1[C@H](C)CCC[C@@H]1NC(=O)CSc1nc2ccccc2c(=O)n1Cc1ccco1. The molecule has 158 valence electrons. The normalized spacial score (nSPS) is 21.6. The van der Waals surface area contributed by atoms with Crippen LogP contribution in [0.1, 0.15) is 38.9 Å². The number of amides is 1. The van der Waals surface area contributed by atoms with Gasteiger partial charge < -0.3 is 9.73 Å². The van der Waals surface area contributed by atoms with Crippen LogP contribution < -0.4 is 10.9 Å². The zero-order valence-electron chi connectivity index (χ0n) is 17.3. The van der Waals surface area contributed by atoms with Gasteiger partial charge in [0.15, 0.2) is 5.16 Å². The number of benzene rings is 1. The molecular weight excluding hydrogens is 398 g/mol. The molecule has 0 bridgehead atoms. The van der Waals surface area contributed by atoms with E-state index in [4.69, 9.17) is 4.42 Å². The van der Waals surface area contributed by atoms with E-state index in [-0.39, 0.29) is 29.8 Å². The van der Waals surface area contributed by atoms with Crippen LogP contribution in [0.2, 0.25) is 0 Å². The van der Waals surface area contributed by atoms with E-state index in [9.17, 15) is 9.59 Å². The van der Waals surface area contributed by atoms with Crippen LogP contribution >= 0.6 is 11.8 Å². The summed E-state index contributed by atoms with van der Waals surface area (Å²) >= 11 is 1.29. The molecule has 30 heavy (non-hydrogen) atoms. The van der Waals surface area contributed by atoms with Crippen molar-refractivity contribution < 1.29 is 9.21 Å². The molecule has 0 radical (unpaired) electrons. The van der Waals surface area contributed by atoms with Crippen molar-refractivity contribution in [2.45, 2.75) is 50.9 Å². The largest absolute Gasteiger partial charge is 0.467 e. The van der Waals surface area contributed by atoms with Crippen molar-refractivity contribution in [1.29, 1.82) is 0 Å². The number of aromatic nitrogens is 2. The average Bonchev–Trinajstić information content (AvgIpc) is 3.25. The van der Waals surface area contributed by atoms with Crippen LogP contribution in [-0.4, -0.2) is 27.3 Å². The summed E-state index contributed by atoms with van der Waals surface area (Å²) in [7, 11) is 0. The standard InChI is InChI=1S/C23H27N3O3S/c1-15-7-5-11-19(16(15)2)24-21(27)14-30-23-25-20-10-4-3-9-18(20)22(28)26(23)13-17-8-6-12-29-17/h3-4,6,8-10,12,15-16,19H,5,7,11,13-14H2,1-2H3,(H,24,27)/t15-,16+,19+/m1/s1. The van der Waals surface area contributed by atoms with E-state index < -0.39 is 0 Å². The van der Waals surface area contributed by atoms with Crippen LogP contribution in [-0.2, 0) is 11.3 Å². The Morgan fingerprint density at radius 2 is 2.07 bits per heavy atom. The van der Waals surface area contributed by atoms with Crippen LogP contribution in [0.4, 0.5) is 0 Å². The van der Waals surface area contributed by atoms with Crippen LogP contribution in [0.15, 0.2) is 57.0 Å². The van der Waals surface area contributed by atoms with Gasteiger partial charge in [0, 0.05) is 6.04 Å². The van der Waals surface area contributed by atoms with Gasteiger partial charge in [-0.2, -0.15) is 0 Å². The van der Waals surface area contributed by atoms with Crippen molar-refractivity contribution in [3.8, 4) is 0 Å². The second-order valence-electron chi connectivity index (χ2n) is 8.11. The van der Waals surface area contributed by atoms with Gasteiger partial charge in [-0.15, -0.1) is 0 Å². The van der Waals surface area contributed by atoms with E-state index in [1.165, 1.54) is 18.2 Å². The van der Waals surface area contributed by atoms with Crippen molar-refractivity contribution in [2.75, 3.05) is 5.75 Å². The monoisotopic (exact) mass is 425 g/mol. The molecular formula is C23H27N3O3S. The van der Waals surface area contributed by atoms with Crippen molar-refractivity contribution in [3.05, 3.63) is 58.8 Å². The number of fused-ring (bicyclic) bond motifs is 1. The van der Waals surface area contributed by atoms with E-state index in [0.29, 0.717) is 33.7 Å². The molecule has 0 spiro atoms. The summed E-state index contributed by atoms with van der Waals surface area (Å²) in [6.07, 6.45) is 4.99. The van der Waals surface area contributed by atoms with E-state index in [0.717, 1.165) is 12.8 Å². The number of carbonyl (C=O) groups is 1. The molecule has 1 saturated carbocycles. The molecule has 1 fully saturated rings. The lowest BCUT2D eigenvalue weighted by Crippen LogP contribution is -2.44. The summed E-state index contributed by atoms with van der Waals surface area (Å²) in [5.41, 5.74) is 0.505. The Morgan fingerprint density at radius 1 is 1.23 bits per heavy atom. The Morgan fingerprint density at radius 3 is 2.87 bits per heavy atom. The van der Waals surface area contributed by atoms with Crippen molar-refractivity contribution in [2.24, 2.45) is 11.8 Å². The van der Waals surface area contributed by atoms with Gasteiger partial charge in [0.05, 0.1) is 29.5 Å². The highest BCUT2D eigenvalue weighted by atomic mass is 32.2. The zero-order chi connectivity index (χ0) is 21.1. The fourth-order valence-electron chi connectivity index (χ4n) is 4.12. The summed E-state index contributed by atoms with van der Waals surface area (Å²) in [5.74, 6) is 1.98. The number of carbonyl (C=O) groups excluding carboxylic acids is 1. The van der Waals surface area contributed by atoms with Gasteiger partial charge in [-0.25, -0.2) is 4.98 Å². The molecule has 0 unspecified atom stereocenters. The summed E-state index contributed by atoms with van der Waals surface area (Å²) in [6, 6.07) is 11.1. The first-order valence-corrected chi connectivity index (χ1v) is 11.5. The molecule has 2 aromatic heterocycles. The summed E-state index contributed by atoms with van der Waals surface area (Å²) in [6.45, 7) is 4.75. The van der Waals surface area contributed by atoms with E-state index in [1.54, 1.807) is 23.0 Å². The second kappa shape index (κ2) is 9.08. The van der Waals surface area contributed by atoms with Crippen molar-refractivity contribution in [1.82, 2.24) is 14.9 Å². The van der Waals surface area contributed by atoms with Crippen LogP contribution in [0, 0.1) is 11.8 Å². The minimum Gasteiger partial charge on any atom is -0.467 e. The Labute approximate surface area is 180 Å². The lowest BCUT2D eigenvalue weighted by atomic mass is 9.78. The molecule has 3 aromatic rings. The first kappa shape index (κ1) is 20.7. The Kier molecular flexibility index (Phi) is 6.27. The molecule has 0 aliphatic heterocycles. The summed E-state index contributed by atoms with van der Waals surface area (Å²) in [5, 5.41) is 4.27. The first-order chi connectivity index (χ1) is 14.5. The molecule has 4 rings (SSSR count). The lowest BCUT2D eigenvalue weighted by molar-refractivity contribution is -0.120. The molecule has 6 nitrogen and oxygen atoms in total. The van der Waals surface area contributed by atoms with Crippen molar-refractivity contribution in [3.63, 3.8) is 0 Å². The summed E-state index contributed by atoms with van der Waals surface area (Å²) in [4.78, 5) is 30.4. The Hall–Kier alpha value is -2.54. The second-order valence-corrected chi connectivity index (χ2v) is 9.05. The number of thioether (sulfide) groups is 1. The number of hydrogen-bond donors (Lipinski definition) is 1. The van der Waals surface area contributed by atoms with Gasteiger partial charge in [0.2, 0.25) is 5.91 Å².